The molecule has 0 bridgehead atoms. The molecule has 5 heteroatoms. The van der Waals surface area contributed by atoms with Gasteiger partial charge in [-0.25, -0.2) is 0 Å². The smallest absolute Gasteiger partial charge is 0.325 e. The van der Waals surface area contributed by atoms with Crippen molar-refractivity contribution in [1.82, 2.24) is 5.32 Å². The number of methoxy groups -OCH3 is 2. The van der Waals surface area contributed by atoms with Crippen molar-refractivity contribution >= 4 is 17.6 Å². The normalized spacial score (nSPS) is 13.7. The molecule has 0 rings (SSSR count). The standard InChI is InChI=1S/C10H20ClNO3/c1-10(2,15-4)5-6-12-7-8(11)9(13)14-3/h8,12H,5-7H2,1-4H3. The van der Waals surface area contributed by atoms with Gasteiger partial charge in [-0.3, -0.25) is 4.79 Å². The Morgan fingerprint density at radius 3 is 2.53 bits per heavy atom. The van der Waals surface area contributed by atoms with Crippen LogP contribution in [0.25, 0.3) is 0 Å². The molecule has 0 saturated carbocycles. The Hall–Kier alpha value is -0.320. The Kier molecular flexibility index (Phi) is 6.89. The molecule has 0 saturated heterocycles. The predicted molar refractivity (Wildman–Crippen MR) is 60.2 cm³/mol. The number of carbonyl (C=O) groups excluding carboxylic acids is 1. The lowest BCUT2D eigenvalue weighted by Gasteiger charge is -2.23. The van der Waals surface area contributed by atoms with E-state index in [9.17, 15) is 4.79 Å². The third kappa shape index (κ3) is 6.71. The summed E-state index contributed by atoms with van der Waals surface area (Å²) in [6, 6.07) is 0. The first kappa shape index (κ1) is 14.7. The molecule has 1 N–H and O–H groups in total. The molecule has 0 fully saturated rings. The van der Waals surface area contributed by atoms with Crippen LogP contribution >= 0.6 is 11.6 Å². The molecule has 0 aliphatic heterocycles. The summed E-state index contributed by atoms with van der Waals surface area (Å²) >= 11 is 5.75. The van der Waals surface area contributed by atoms with E-state index < -0.39 is 11.3 Å². The zero-order valence-electron chi connectivity index (χ0n) is 9.80. The molecular weight excluding hydrogens is 218 g/mol. The summed E-state index contributed by atoms with van der Waals surface area (Å²) in [6.07, 6.45) is 0.855. The largest absolute Gasteiger partial charge is 0.468 e. The SMILES string of the molecule is COC(=O)C(Cl)CNCCC(C)(C)OC. The van der Waals surface area contributed by atoms with Crippen LogP contribution < -0.4 is 5.32 Å². The number of esters is 1. The third-order valence-corrected chi connectivity index (χ3v) is 2.57. The molecule has 1 atom stereocenters. The molecule has 0 aromatic rings. The molecule has 0 heterocycles. The molecule has 1 unspecified atom stereocenters. The minimum Gasteiger partial charge on any atom is -0.468 e. The number of hydrogen-bond acceptors (Lipinski definition) is 4. The molecule has 0 aromatic heterocycles. The van der Waals surface area contributed by atoms with Crippen molar-refractivity contribution < 1.29 is 14.3 Å². The minimum absolute atomic E-state index is 0.153. The van der Waals surface area contributed by atoms with Crippen molar-refractivity contribution in [3.63, 3.8) is 0 Å². The van der Waals surface area contributed by atoms with Gasteiger partial charge in [-0.15, -0.1) is 11.6 Å². The lowest BCUT2D eigenvalue weighted by molar-refractivity contribution is -0.140. The fraction of sp³-hybridized carbons (Fsp3) is 0.900. The van der Waals surface area contributed by atoms with Crippen LogP contribution in [0.5, 0.6) is 0 Å². The second-order valence-corrected chi connectivity index (χ2v) is 4.44. The van der Waals surface area contributed by atoms with Crippen LogP contribution in [-0.4, -0.2) is 44.3 Å². The second-order valence-electron chi connectivity index (χ2n) is 3.91. The van der Waals surface area contributed by atoms with E-state index in [1.54, 1.807) is 7.11 Å². The van der Waals surface area contributed by atoms with E-state index in [4.69, 9.17) is 16.3 Å². The maximum atomic E-state index is 10.9. The Labute approximate surface area is 96.3 Å². The fourth-order valence-corrected chi connectivity index (χ4v) is 1.13. The van der Waals surface area contributed by atoms with Crippen molar-refractivity contribution in [3.8, 4) is 0 Å². The monoisotopic (exact) mass is 237 g/mol. The first-order valence-corrected chi connectivity index (χ1v) is 5.34. The van der Waals surface area contributed by atoms with Gasteiger partial charge >= 0.3 is 5.97 Å². The van der Waals surface area contributed by atoms with Crippen LogP contribution in [0, 0.1) is 0 Å². The number of nitrogens with one attached hydrogen (secondary N) is 1. The maximum absolute atomic E-state index is 10.9. The summed E-state index contributed by atoms with van der Waals surface area (Å²) in [5.41, 5.74) is -0.153. The van der Waals surface area contributed by atoms with Gasteiger partial charge in [0.15, 0.2) is 0 Å². The van der Waals surface area contributed by atoms with Crippen molar-refractivity contribution in [1.29, 1.82) is 0 Å². The lowest BCUT2D eigenvalue weighted by atomic mass is 10.1. The van der Waals surface area contributed by atoms with Crippen molar-refractivity contribution in [2.24, 2.45) is 0 Å². The molecule has 90 valence electrons. The first-order chi connectivity index (χ1) is 6.93. The number of halogens is 1. The van der Waals surface area contributed by atoms with Crippen molar-refractivity contribution in [2.75, 3.05) is 27.3 Å². The molecule has 15 heavy (non-hydrogen) atoms. The van der Waals surface area contributed by atoms with Gasteiger partial charge in [0.2, 0.25) is 0 Å². The van der Waals surface area contributed by atoms with E-state index in [1.807, 2.05) is 13.8 Å². The van der Waals surface area contributed by atoms with Crippen LogP contribution in [0.1, 0.15) is 20.3 Å². The van der Waals surface area contributed by atoms with Crippen molar-refractivity contribution in [2.45, 2.75) is 31.2 Å². The molecule has 0 aliphatic rings. The Balaban J connectivity index is 3.59. The number of carbonyl (C=O) groups is 1. The van der Waals surface area contributed by atoms with Gasteiger partial charge in [0.25, 0.3) is 0 Å². The summed E-state index contributed by atoms with van der Waals surface area (Å²) in [5, 5.41) is 2.45. The maximum Gasteiger partial charge on any atom is 0.325 e. The van der Waals surface area contributed by atoms with Crippen LogP contribution in [0.15, 0.2) is 0 Å². The van der Waals surface area contributed by atoms with E-state index >= 15 is 0 Å². The summed E-state index contributed by atoms with van der Waals surface area (Å²) in [7, 11) is 3.00. The average molecular weight is 238 g/mol. The topological polar surface area (TPSA) is 47.6 Å². The predicted octanol–water partition coefficient (Wildman–Crippen LogP) is 1.17. The highest BCUT2D eigenvalue weighted by Gasteiger charge is 2.17. The highest BCUT2D eigenvalue weighted by Crippen LogP contribution is 2.11. The van der Waals surface area contributed by atoms with Gasteiger partial charge in [-0.2, -0.15) is 0 Å². The first-order valence-electron chi connectivity index (χ1n) is 4.90. The zero-order valence-corrected chi connectivity index (χ0v) is 10.6. The van der Waals surface area contributed by atoms with E-state index in [2.05, 4.69) is 10.1 Å². The Bertz CT molecular complexity index is 197. The number of ether oxygens (including phenoxy) is 2. The number of hydrogen-bond donors (Lipinski definition) is 1. The Morgan fingerprint density at radius 1 is 1.47 bits per heavy atom. The number of rotatable bonds is 7. The van der Waals surface area contributed by atoms with Gasteiger partial charge < -0.3 is 14.8 Å². The molecular formula is C10H20ClNO3. The highest BCUT2D eigenvalue weighted by atomic mass is 35.5. The van der Waals surface area contributed by atoms with Crippen LogP contribution in [-0.2, 0) is 14.3 Å². The highest BCUT2D eigenvalue weighted by molar-refractivity contribution is 6.30. The van der Waals surface area contributed by atoms with Gasteiger partial charge in [-0.1, -0.05) is 0 Å². The quantitative estimate of drug-likeness (QED) is 0.410. The fourth-order valence-electron chi connectivity index (χ4n) is 0.931. The van der Waals surface area contributed by atoms with Crippen LogP contribution in [0.4, 0.5) is 0 Å². The van der Waals surface area contributed by atoms with Crippen LogP contribution in [0.2, 0.25) is 0 Å². The van der Waals surface area contributed by atoms with Gasteiger partial charge in [0.1, 0.15) is 5.38 Å². The van der Waals surface area contributed by atoms with Gasteiger partial charge in [-0.05, 0) is 26.8 Å². The summed E-state index contributed by atoms with van der Waals surface area (Å²) in [4.78, 5) is 10.9. The third-order valence-electron chi connectivity index (χ3n) is 2.24. The van der Waals surface area contributed by atoms with Gasteiger partial charge in [0, 0.05) is 13.7 Å². The molecule has 0 amide bonds. The van der Waals surface area contributed by atoms with E-state index in [-0.39, 0.29) is 5.60 Å². The van der Waals surface area contributed by atoms with Crippen LogP contribution in [0.3, 0.4) is 0 Å². The molecule has 0 radical (unpaired) electrons. The van der Waals surface area contributed by atoms with E-state index in [0.717, 1.165) is 13.0 Å². The Morgan fingerprint density at radius 2 is 2.07 bits per heavy atom. The van der Waals surface area contributed by atoms with E-state index in [1.165, 1.54) is 7.11 Å². The summed E-state index contributed by atoms with van der Waals surface area (Å²) in [6.45, 7) is 5.18. The van der Waals surface area contributed by atoms with E-state index in [0.29, 0.717) is 6.54 Å². The zero-order chi connectivity index (χ0) is 11.9. The molecule has 0 aliphatic carbocycles. The molecule has 0 aromatic carbocycles. The number of alkyl halides is 1. The summed E-state index contributed by atoms with van der Waals surface area (Å²) in [5.74, 6) is -0.407. The second kappa shape index (κ2) is 7.04. The minimum atomic E-state index is -0.624. The van der Waals surface area contributed by atoms with Gasteiger partial charge in [0.05, 0.1) is 12.7 Å². The van der Waals surface area contributed by atoms with Crippen molar-refractivity contribution in [3.05, 3.63) is 0 Å². The average Bonchev–Trinajstić information content (AvgIpc) is 2.22. The molecule has 0 spiro atoms. The lowest BCUT2D eigenvalue weighted by Crippen LogP contribution is -2.34. The molecule has 4 nitrogen and oxygen atoms in total. The summed E-state index contributed by atoms with van der Waals surface area (Å²) < 4.78 is 9.74.